The maximum absolute atomic E-state index is 12.7. The molecule has 1 aromatic heterocycles. The Morgan fingerprint density at radius 1 is 0.862 bits per heavy atom. The van der Waals surface area contributed by atoms with Crippen LogP contribution in [0.1, 0.15) is 10.4 Å². The average molecular weight is 443 g/mol. The SMILES string of the molecule is O=C(Oc1c(Sc2ccc(Cl)cc2)c(=O)oc2ccccc12)c1ccc(Cl)cc1. The Morgan fingerprint density at radius 2 is 1.48 bits per heavy atom. The van der Waals surface area contributed by atoms with Gasteiger partial charge in [-0.15, -0.1) is 0 Å². The Bertz CT molecular complexity index is 1250. The minimum absolute atomic E-state index is 0.150. The summed E-state index contributed by atoms with van der Waals surface area (Å²) >= 11 is 13.0. The highest BCUT2D eigenvalue weighted by Gasteiger charge is 2.21. The van der Waals surface area contributed by atoms with Crippen LogP contribution in [0.2, 0.25) is 10.0 Å². The van der Waals surface area contributed by atoms with E-state index in [1.165, 1.54) is 0 Å². The fourth-order valence-corrected chi connectivity index (χ4v) is 3.78. The summed E-state index contributed by atoms with van der Waals surface area (Å²) in [4.78, 5) is 26.3. The molecule has 0 radical (unpaired) electrons. The first-order valence-corrected chi connectivity index (χ1v) is 10.1. The van der Waals surface area contributed by atoms with E-state index >= 15 is 0 Å². The van der Waals surface area contributed by atoms with Gasteiger partial charge in [0.25, 0.3) is 0 Å². The second kappa shape index (κ2) is 8.33. The van der Waals surface area contributed by atoms with Crippen LogP contribution in [0.25, 0.3) is 11.0 Å². The minimum atomic E-state index is -0.602. The van der Waals surface area contributed by atoms with Crippen molar-refractivity contribution in [2.75, 3.05) is 0 Å². The van der Waals surface area contributed by atoms with E-state index in [1.54, 1.807) is 72.8 Å². The topological polar surface area (TPSA) is 56.5 Å². The molecule has 0 N–H and O–H groups in total. The van der Waals surface area contributed by atoms with Crippen LogP contribution in [0.5, 0.6) is 5.75 Å². The van der Waals surface area contributed by atoms with E-state index in [4.69, 9.17) is 32.4 Å². The summed E-state index contributed by atoms with van der Waals surface area (Å²) in [6.45, 7) is 0. The highest BCUT2D eigenvalue weighted by atomic mass is 35.5. The van der Waals surface area contributed by atoms with Gasteiger partial charge in [-0.05, 0) is 60.7 Å². The number of ether oxygens (including phenoxy) is 1. The molecular formula is C22H12Cl2O4S. The highest BCUT2D eigenvalue weighted by molar-refractivity contribution is 7.99. The van der Waals surface area contributed by atoms with Gasteiger partial charge in [0, 0.05) is 14.9 Å². The molecule has 0 fully saturated rings. The number of hydrogen-bond acceptors (Lipinski definition) is 5. The van der Waals surface area contributed by atoms with Crippen molar-refractivity contribution in [1.29, 1.82) is 0 Å². The van der Waals surface area contributed by atoms with Gasteiger partial charge in [-0.25, -0.2) is 9.59 Å². The molecule has 4 aromatic rings. The molecule has 29 heavy (non-hydrogen) atoms. The molecule has 4 rings (SSSR count). The van der Waals surface area contributed by atoms with Crippen molar-refractivity contribution < 1.29 is 13.9 Å². The lowest BCUT2D eigenvalue weighted by molar-refractivity contribution is 0.0732. The van der Waals surface area contributed by atoms with Crippen molar-refractivity contribution in [3.63, 3.8) is 0 Å². The predicted molar refractivity (Wildman–Crippen MR) is 114 cm³/mol. The number of carbonyl (C=O) groups is 1. The van der Waals surface area contributed by atoms with E-state index < -0.39 is 11.6 Å². The number of esters is 1. The molecule has 0 spiro atoms. The monoisotopic (exact) mass is 442 g/mol. The molecule has 0 atom stereocenters. The number of carbonyl (C=O) groups excluding carboxylic acids is 1. The lowest BCUT2D eigenvalue weighted by Gasteiger charge is -2.11. The van der Waals surface area contributed by atoms with Crippen LogP contribution in [0.4, 0.5) is 0 Å². The van der Waals surface area contributed by atoms with Crippen LogP contribution in [0, 0.1) is 0 Å². The van der Waals surface area contributed by atoms with Crippen LogP contribution in [-0.4, -0.2) is 5.97 Å². The molecule has 0 saturated heterocycles. The molecule has 3 aromatic carbocycles. The summed E-state index contributed by atoms with van der Waals surface area (Å²) < 4.78 is 11.1. The lowest BCUT2D eigenvalue weighted by atomic mass is 10.2. The smallest absolute Gasteiger partial charge is 0.354 e. The summed E-state index contributed by atoms with van der Waals surface area (Å²) in [6, 6.07) is 20.2. The first kappa shape index (κ1) is 19.6. The third-order valence-corrected chi connectivity index (χ3v) is 5.60. The van der Waals surface area contributed by atoms with Gasteiger partial charge in [0.2, 0.25) is 0 Å². The molecular weight excluding hydrogens is 431 g/mol. The number of halogens is 2. The van der Waals surface area contributed by atoms with Gasteiger partial charge in [0.1, 0.15) is 10.5 Å². The normalized spacial score (nSPS) is 10.8. The molecule has 0 saturated carbocycles. The Labute approximate surface area is 180 Å². The third-order valence-electron chi connectivity index (χ3n) is 4.03. The first-order chi connectivity index (χ1) is 14.0. The Hall–Kier alpha value is -2.73. The summed E-state index contributed by atoms with van der Waals surface area (Å²) in [6.07, 6.45) is 0. The maximum atomic E-state index is 12.7. The van der Waals surface area contributed by atoms with Gasteiger partial charge in [-0.1, -0.05) is 47.1 Å². The maximum Gasteiger partial charge on any atom is 0.354 e. The molecule has 0 unspecified atom stereocenters. The van der Waals surface area contributed by atoms with E-state index in [0.717, 1.165) is 16.7 Å². The van der Waals surface area contributed by atoms with Crippen LogP contribution in [-0.2, 0) is 0 Å². The van der Waals surface area contributed by atoms with E-state index in [0.29, 0.717) is 26.6 Å². The number of para-hydroxylation sites is 1. The minimum Gasteiger partial charge on any atom is -0.422 e. The quantitative estimate of drug-likeness (QED) is 0.267. The lowest BCUT2D eigenvalue weighted by Crippen LogP contribution is -2.13. The Kier molecular flexibility index (Phi) is 5.62. The molecule has 1 heterocycles. The van der Waals surface area contributed by atoms with Crippen molar-refractivity contribution >= 4 is 51.9 Å². The van der Waals surface area contributed by atoms with Gasteiger partial charge < -0.3 is 9.15 Å². The van der Waals surface area contributed by atoms with Gasteiger partial charge in [-0.2, -0.15) is 0 Å². The highest BCUT2D eigenvalue weighted by Crippen LogP contribution is 2.38. The van der Waals surface area contributed by atoms with E-state index in [1.807, 2.05) is 0 Å². The van der Waals surface area contributed by atoms with Crippen molar-refractivity contribution in [3.05, 3.63) is 98.8 Å². The van der Waals surface area contributed by atoms with Crippen molar-refractivity contribution in [2.24, 2.45) is 0 Å². The third kappa shape index (κ3) is 4.32. The molecule has 4 nitrogen and oxygen atoms in total. The molecule has 0 aliphatic rings. The zero-order chi connectivity index (χ0) is 20.4. The van der Waals surface area contributed by atoms with E-state index in [2.05, 4.69) is 0 Å². The Balaban J connectivity index is 1.81. The zero-order valence-electron chi connectivity index (χ0n) is 14.7. The number of rotatable bonds is 4. The molecule has 0 bridgehead atoms. The van der Waals surface area contributed by atoms with Crippen molar-refractivity contribution in [3.8, 4) is 5.75 Å². The van der Waals surface area contributed by atoms with Crippen molar-refractivity contribution in [1.82, 2.24) is 0 Å². The first-order valence-electron chi connectivity index (χ1n) is 8.48. The second-order valence-corrected chi connectivity index (χ2v) is 7.95. The van der Waals surface area contributed by atoms with Gasteiger partial charge in [-0.3, -0.25) is 0 Å². The van der Waals surface area contributed by atoms with Crippen LogP contribution in [0.3, 0.4) is 0 Å². The van der Waals surface area contributed by atoms with E-state index in [-0.39, 0.29) is 10.6 Å². The summed E-state index contributed by atoms with van der Waals surface area (Å²) in [5.41, 5.74) is 0.0496. The fourth-order valence-electron chi connectivity index (χ4n) is 2.65. The van der Waals surface area contributed by atoms with Crippen LogP contribution >= 0.6 is 35.0 Å². The fraction of sp³-hybridized carbons (Fsp3) is 0. The van der Waals surface area contributed by atoms with Crippen molar-refractivity contribution in [2.45, 2.75) is 9.79 Å². The van der Waals surface area contributed by atoms with Gasteiger partial charge >= 0.3 is 11.6 Å². The average Bonchev–Trinajstić information content (AvgIpc) is 2.72. The summed E-state index contributed by atoms with van der Waals surface area (Å²) in [5.74, 6) is -0.452. The summed E-state index contributed by atoms with van der Waals surface area (Å²) in [7, 11) is 0. The van der Waals surface area contributed by atoms with Crippen LogP contribution in [0.15, 0.2) is 91.8 Å². The molecule has 0 aliphatic heterocycles. The molecule has 0 amide bonds. The predicted octanol–water partition coefficient (Wildman–Crippen LogP) is 6.47. The molecule has 7 heteroatoms. The van der Waals surface area contributed by atoms with E-state index in [9.17, 15) is 9.59 Å². The second-order valence-electron chi connectivity index (χ2n) is 6.00. The van der Waals surface area contributed by atoms with Gasteiger partial charge in [0.15, 0.2) is 5.75 Å². The number of benzene rings is 3. The summed E-state index contributed by atoms with van der Waals surface area (Å²) in [5, 5.41) is 1.60. The zero-order valence-corrected chi connectivity index (χ0v) is 17.1. The number of hydrogen-bond donors (Lipinski definition) is 0. The van der Waals surface area contributed by atoms with Crippen LogP contribution < -0.4 is 10.4 Å². The standard InChI is InChI=1S/C22H12Cl2O4S/c23-14-7-5-13(6-8-14)21(25)28-19-17-3-1-2-4-18(17)27-22(26)20(19)29-16-11-9-15(24)10-12-16/h1-12H. The largest absolute Gasteiger partial charge is 0.422 e. The number of fused-ring (bicyclic) bond motifs is 1. The molecule has 144 valence electrons. The Morgan fingerprint density at radius 3 is 2.17 bits per heavy atom. The van der Waals surface area contributed by atoms with Gasteiger partial charge in [0.05, 0.1) is 10.9 Å². The molecule has 0 aliphatic carbocycles.